The van der Waals surface area contributed by atoms with E-state index < -0.39 is 0 Å². The topological polar surface area (TPSA) is 41.1 Å². The first-order chi connectivity index (χ1) is 12.7. The van der Waals surface area contributed by atoms with Crippen LogP contribution >= 0.6 is 11.3 Å². The lowest BCUT2D eigenvalue weighted by atomic mass is 10.0. The standard InChI is InChI=1S/C22H24N2OS/c1-3-17-8-12-19(13-9-17)24-21(25)15-23-22(20-5-4-14-26-20)18-10-6-16(2)7-11-18/h4-14,22-23H,3,15H2,1-2H3,(H,24,25)/t22-/m1/s1. The number of hydrogen-bond donors (Lipinski definition) is 2. The van der Waals surface area contributed by atoms with E-state index in [0.717, 1.165) is 17.7 Å². The minimum Gasteiger partial charge on any atom is -0.325 e. The van der Waals surface area contributed by atoms with E-state index in [-0.39, 0.29) is 18.5 Å². The van der Waals surface area contributed by atoms with Crippen LogP contribution in [0.15, 0.2) is 66.0 Å². The molecule has 0 aliphatic heterocycles. The first-order valence-corrected chi connectivity index (χ1v) is 9.76. The van der Waals surface area contributed by atoms with Crippen molar-refractivity contribution in [3.63, 3.8) is 0 Å². The van der Waals surface area contributed by atoms with E-state index >= 15 is 0 Å². The normalized spacial score (nSPS) is 11.9. The molecule has 3 rings (SSSR count). The SMILES string of the molecule is CCc1ccc(NC(=O)CN[C@H](c2ccc(C)cc2)c2cccs2)cc1. The number of benzene rings is 2. The molecule has 26 heavy (non-hydrogen) atoms. The van der Waals surface area contributed by atoms with Crippen LogP contribution in [-0.2, 0) is 11.2 Å². The second kappa shape index (κ2) is 8.79. The molecule has 0 aliphatic rings. The molecule has 0 saturated heterocycles. The second-order valence-corrected chi connectivity index (χ2v) is 7.32. The highest BCUT2D eigenvalue weighted by molar-refractivity contribution is 7.10. The Morgan fingerprint density at radius 2 is 1.77 bits per heavy atom. The summed E-state index contributed by atoms with van der Waals surface area (Å²) < 4.78 is 0. The molecule has 1 aromatic heterocycles. The van der Waals surface area contributed by atoms with Crippen LogP contribution in [0.5, 0.6) is 0 Å². The number of nitrogens with one attached hydrogen (secondary N) is 2. The summed E-state index contributed by atoms with van der Waals surface area (Å²) in [5, 5.41) is 8.42. The van der Waals surface area contributed by atoms with Crippen molar-refractivity contribution in [1.82, 2.24) is 5.32 Å². The lowest BCUT2D eigenvalue weighted by Crippen LogP contribution is -2.31. The van der Waals surface area contributed by atoms with Crippen LogP contribution in [0.4, 0.5) is 5.69 Å². The molecule has 3 aromatic rings. The van der Waals surface area contributed by atoms with E-state index in [1.165, 1.54) is 16.0 Å². The Morgan fingerprint density at radius 1 is 1.04 bits per heavy atom. The number of rotatable bonds is 7. The fraction of sp³-hybridized carbons (Fsp3) is 0.227. The van der Waals surface area contributed by atoms with Crippen molar-refractivity contribution in [3.05, 3.63) is 87.6 Å². The van der Waals surface area contributed by atoms with Crippen LogP contribution in [0.3, 0.4) is 0 Å². The van der Waals surface area contributed by atoms with E-state index in [1.54, 1.807) is 11.3 Å². The summed E-state index contributed by atoms with van der Waals surface area (Å²) in [6, 6.07) is 20.6. The quantitative estimate of drug-likeness (QED) is 0.624. The average Bonchev–Trinajstić information content (AvgIpc) is 3.18. The molecular formula is C22H24N2OS. The molecule has 0 bridgehead atoms. The van der Waals surface area contributed by atoms with Gasteiger partial charge in [-0.25, -0.2) is 0 Å². The zero-order valence-electron chi connectivity index (χ0n) is 15.2. The van der Waals surface area contributed by atoms with Crippen LogP contribution in [0.25, 0.3) is 0 Å². The van der Waals surface area contributed by atoms with Crippen molar-refractivity contribution in [2.45, 2.75) is 26.3 Å². The Morgan fingerprint density at radius 3 is 2.38 bits per heavy atom. The Kier molecular flexibility index (Phi) is 6.21. The van der Waals surface area contributed by atoms with Crippen molar-refractivity contribution in [2.24, 2.45) is 0 Å². The van der Waals surface area contributed by atoms with Gasteiger partial charge in [-0.1, -0.05) is 55.0 Å². The fourth-order valence-corrected chi connectivity index (χ4v) is 3.65. The van der Waals surface area contributed by atoms with Crippen LogP contribution in [0, 0.1) is 6.92 Å². The van der Waals surface area contributed by atoms with Gasteiger partial charge < -0.3 is 5.32 Å². The molecule has 1 atom stereocenters. The van der Waals surface area contributed by atoms with Gasteiger partial charge in [0.15, 0.2) is 0 Å². The van der Waals surface area contributed by atoms with Crippen LogP contribution < -0.4 is 10.6 Å². The van der Waals surface area contributed by atoms with Gasteiger partial charge in [0.05, 0.1) is 12.6 Å². The third-order valence-electron chi connectivity index (χ3n) is 4.35. The molecule has 0 radical (unpaired) electrons. The molecule has 0 aliphatic carbocycles. The van der Waals surface area contributed by atoms with Crippen molar-refractivity contribution in [3.8, 4) is 0 Å². The summed E-state index contributed by atoms with van der Waals surface area (Å²) in [7, 11) is 0. The molecule has 1 amide bonds. The number of carbonyl (C=O) groups excluding carboxylic acids is 1. The molecule has 0 fully saturated rings. The average molecular weight is 365 g/mol. The zero-order valence-corrected chi connectivity index (χ0v) is 16.0. The summed E-state index contributed by atoms with van der Waals surface area (Å²) >= 11 is 1.70. The Hall–Kier alpha value is -2.43. The lowest BCUT2D eigenvalue weighted by molar-refractivity contribution is -0.115. The molecule has 0 spiro atoms. The summed E-state index contributed by atoms with van der Waals surface area (Å²) in [5.41, 5.74) is 4.49. The molecule has 4 heteroatoms. The molecule has 2 N–H and O–H groups in total. The summed E-state index contributed by atoms with van der Waals surface area (Å²) in [6.07, 6.45) is 0.995. The molecule has 1 heterocycles. The smallest absolute Gasteiger partial charge is 0.238 e. The van der Waals surface area contributed by atoms with E-state index in [4.69, 9.17) is 0 Å². The van der Waals surface area contributed by atoms with Gasteiger partial charge in [-0.05, 0) is 48.1 Å². The molecule has 3 nitrogen and oxygen atoms in total. The van der Waals surface area contributed by atoms with Gasteiger partial charge in [0.2, 0.25) is 5.91 Å². The maximum atomic E-state index is 12.4. The van der Waals surface area contributed by atoms with Crippen molar-refractivity contribution >= 4 is 22.9 Å². The number of hydrogen-bond acceptors (Lipinski definition) is 3. The van der Waals surface area contributed by atoms with Gasteiger partial charge in [0.1, 0.15) is 0 Å². The predicted molar refractivity (Wildman–Crippen MR) is 110 cm³/mol. The molecule has 0 saturated carbocycles. The van der Waals surface area contributed by atoms with Gasteiger partial charge in [0.25, 0.3) is 0 Å². The van der Waals surface area contributed by atoms with Crippen molar-refractivity contribution in [2.75, 3.05) is 11.9 Å². The Labute approximate surface area is 159 Å². The van der Waals surface area contributed by atoms with Gasteiger partial charge in [-0.15, -0.1) is 11.3 Å². The number of amides is 1. The monoisotopic (exact) mass is 364 g/mol. The number of thiophene rings is 1. The van der Waals surface area contributed by atoms with Gasteiger partial charge in [-0.2, -0.15) is 0 Å². The van der Waals surface area contributed by atoms with Gasteiger partial charge in [0, 0.05) is 10.6 Å². The predicted octanol–water partition coefficient (Wildman–Crippen LogP) is 4.94. The highest BCUT2D eigenvalue weighted by Crippen LogP contribution is 2.26. The summed E-state index contributed by atoms with van der Waals surface area (Å²) in [5.74, 6) is -0.0390. The highest BCUT2D eigenvalue weighted by atomic mass is 32.1. The summed E-state index contributed by atoms with van der Waals surface area (Å²) in [6.45, 7) is 4.45. The van der Waals surface area contributed by atoms with Crippen LogP contribution in [0.2, 0.25) is 0 Å². The second-order valence-electron chi connectivity index (χ2n) is 6.34. The first-order valence-electron chi connectivity index (χ1n) is 8.88. The van der Waals surface area contributed by atoms with Crippen molar-refractivity contribution < 1.29 is 4.79 Å². The van der Waals surface area contributed by atoms with E-state index in [2.05, 4.69) is 60.2 Å². The fourth-order valence-electron chi connectivity index (χ4n) is 2.82. The Bertz CT molecular complexity index is 824. The van der Waals surface area contributed by atoms with E-state index in [0.29, 0.717) is 0 Å². The van der Waals surface area contributed by atoms with Gasteiger partial charge in [-0.3, -0.25) is 10.1 Å². The maximum Gasteiger partial charge on any atom is 0.238 e. The van der Waals surface area contributed by atoms with Crippen molar-refractivity contribution in [1.29, 1.82) is 0 Å². The Balaban J connectivity index is 1.65. The minimum absolute atomic E-state index is 0.0174. The van der Waals surface area contributed by atoms with Crippen LogP contribution in [0.1, 0.15) is 34.5 Å². The molecule has 0 unspecified atom stereocenters. The zero-order chi connectivity index (χ0) is 18.4. The molecule has 2 aromatic carbocycles. The number of aryl methyl sites for hydroxylation is 2. The van der Waals surface area contributed by atoms with E-state index in [1.807, 2.05) is 30.3 Å². The largest absolute Gasteiger partial charge is 0.325 e. The third kappa shape index (κ3) is 4.81. The molecule has 134 valence electrons. The highest BCUT2D eigenvalue weighted by Gasteiger charge is 2.16. The number of carbonyl (C=O) groups is 1. The minimum atomic E-state index is -0.0390. The third-order valence-corrected chi connectivity index (χ3v) is 5.29. The number of anilines is 1. The van der Waals surface area contributed by atoms with E-state index in [9.17, 15) is 4.79 Å². The molecular weight excluding hydrogens is 340 g/mol. The first kappa shape index (κ1) is 18.4. The lowest BCUT2D eigenvalue weighted by Gasteiger charge is -2.18. The maximum absolute atomic E-state index is 12.4. The van der Waals surface area contributed by atoms with Gasteiger partial charge >= 0.3 is 0 Å². The van der Waals surface area contributed by atoms with Crippen LogP contribution in [-0.4, -0.2) is 12.5 Å². The summed E-state index contributed by atoms with van der Waals surface area (Å²) in [4.78, 5) is 13.6.